The lowest BCUT2D eigenvalue weighted by molar-refractivity contribution is -0.127. The van der Waals surface area contributed by atoms with Crippen LogP contribution in [0.3, 0.4) is 0 Å². The van der Waals surface area contributed by atoms with E-state index in [1.165, 1.54) is 16.5 Å². The highest BCUT2D eigenvalue weighted by molar-refractivity contribution is 6.58. The van der Waals surface area contributed by atoms with Crippen molar-refractivity contribution in [3.63, 3.8) is 0 Å². The lowest BCUT2D eigenvalue weighted by atomic mass is 9.72. The number of aromatic nitrogens is 1. The van der Waals surface area contributed by atoms with E-state index < -0.39 is 0 Å². The van der Waals surface area contributed by atoms with Gasteiger partial charge in [-0.1, -0.05) is 18.2 Å². The van der Waals surface area contributed by atoms with Crippen LogP contribution in [0.15, 0.2) is 37.1 Å². The van der Waals surface area contributed by atoms with E-state index in [9.17, 15) is 9.59 Å². The summed E-state index contributed by atoms with van der Waals surface area (Å²) < 4.78 is 1.78. The second kappa shape index (κ2) is 9.01. The first-order valence-electron chi connectivity index (χ1n) is 11.3. The average molecular weight is 420 g/mol. The van der Waals surface area contributed by atoms with Crippen LogP contribution < -0.4 is 5.32 Å². The van der Waals surface area contributed by atoms with Crippen LogP contribution in [0.4, 0.5) is 4.79 Å². The minimum Gasteiger partial charge on any atom is -0.356 e. The topological polar surface area (TPSA) is 57.6 Å². The van der Waals surface area contributed by atoms with Gasteiger partial charge >= 0.3 is 0 Å². The molecule has 7 heteroatoms. The van der Waals surface area contributed by atoms with E-state index >= 15 is 0 Å². The molecule has 3 atom stereocenters. The molecule has 0 unspecified atom stereocenters. The van der Waals surface area contributed by atoms with Gasteiger partial charge in [0.25, 0.3) is 0 Å². The Balaban J connectivity index is 1.61. The predicted molar refractivity (Wildman–Crippen MR) is 128 cm³/mol. The Kier molecular flexibility index (Phi) is 6.35. The van der Waals surface area contributed by atoms with Gasteiger partial charge in [0, 0.05) is 43.2 Å². The molecule has 2 aromatic rings. The van der Waals surface area contributed by atoms with E-state index in [1.54, 1.807) is 12.4 Å². The summed E-state index contributed by atoms with van der Waals surface area (Å²) in [5.41, 5.74) is 3.51. The summed E-state index contributed by atoms with van der Waals surface area (Å²) in [5, 5.41) is 4.37. The van der Waals surface area contributed by atoms with E-state index in [2.05, 4.69) is 27.8 Å². The standard InChI is InChI=1S/C24H33BN4O2/c1-4-10-28-14-17(23(30)26-9-6-11-27(2)3)12-19-18-7-5-8-20-22(18)16(13-21(19)28)15-29(20)24(25)31/h4-5,7-8,15,17,19,21H,1,6,9-14,25H2,2-3H3,(H,26,30)/t17-,19-,21-/m1/s1. The lowest BCUT2D eigenvalue weighted by Gasteiger charge is -2.46. The molecule has 4 rings (SSSR count). The van der Waals surface area contributed by atoms with Crippen molar-refractivity contribution in [2.24, 2.45) is 5.92 Å². The fourth-order valence-electron chi connectivity index (χ4n) is 5.48. The Labute approximate surface area is 185 Å². The second-order valence-corrected chi connectivity index (χ2v) is 9.29. The molecule has 1 aliphatic carbocycles. The van der Waals surface area contributed by atoms with Crippen molar-refractivity contribution in [3.05, 3.63) is 48.2 Å². The van der Waals surface area contributed by atoms with E-state index in [4.69, 9.17) is 0 Å². The molecule has 0 radical (unpaired) electrons. The van der Waals surface area contributed by atoms with Crippen molar-refractivity contribution in [3.8, 4) is 0 Å². The third kappa shape index (κ3) is 4.21. The first-order chi connectivity index (χ1) is 14.9. The molecular weight excluding hydrogens is 387 g/mol. The summed E-state index contributed by atoms with van der Waals surface area (Å²) in [6.07, 6.45) is 6.66. The van der Waals surface area contributed by atoms with E-state index in [-0.39, 0.29) is 23.5 Å². The molecular formula is C24H33BN4O2. The SMILES string of the molecule is BC(=O)n1cc2c3c(cccc31)[C@H]1C[C@@H](C(=O)NCCCN(C)C)CN(CC=C)[C@@H]1C2. The molecule has 1 fully saturated rings. The van der Waals surface area contributed by atoms with Crippen molar-refractivity contribution < 1.29 is 9.59 Å². The Morgan fingerprint density at radius 3 is 2.87 bits per heavy atom. The molecule has 0 bridgehead atoms. The second-order valence-electron chi connectivity index (χ2n) is 9.29. The maximum Gasteiger partial charge on any atom is 0.224 e. The minimum absolute atomic E-state index is 0.0349. The van der Waals surface area contributed by atoms with Crippen LogP contribution >= 0.6 is 0 Å². The Bertz CT molecular complexity index is 999. The highest BCUT2D eigenvalue weighted by Gasteiger charge is 2.42. The van der Waals surface area contributed by atoms with E-state index in [0.29, 0.717) is 12.6 Å². The summed E-state index contributed by atoms with van der Waals surface area (Å²) in [6, 6.07) is 6.60. The number of rotatable bonds is 7. The molecule has 1 saturated heterocycles. The first-order valence-corrected chi connectivity index (χ1v) is 11.3. The van der Waals surface area contributed by atoms with Gasteiger partial charge in [-0.25, -0.2) is 0 Å². The number of carbonyl (C=O) groups is 2. The number of amides is 1. The molecule has 1 aromatic heterocycles. The van der Waals surface area contributed by atoms with Gasteiger partial charge in [0.1, 0.15) is 0 Å². The minimum atomic E-state index is -0.0349. The molecule has 1 aromatic carbocycles. The molecule has 1 N–H and O–H groups in total. The maximum absolute atomic E-state index is 13.0. The zero-order chi connectivity index (χ0) is 22.1. The molecule has 0 saturated carbocycles. The molecule has 31 heavy (non-hydrogen) atoms. The number of nitrogens with one attached hydrogen (secondary N) is 1. The molecule has 164 valence electrons. The van der Waals surface area contributed by atoms with Crippen LogP contribution in [-0.2, 0) is 11.2 Å². The summed E-state index contributed by atoms with van der Waals surface area (Å²) in [5.74, 6) is 0.444. The summed E-state index contributed by atoms with van der Waals surface area (Å²) >= 11 is 0. The number of nitrogens with zero attached hydrogens (tertiary/aromatic N) is 3. The molecule has 2 heterocycles. The normalized spacial score (nSPS) is 23.0. The Morgan fingerprint density at radius 1 is 1.35 bits per heavy atom. The third-order valence-corrected chi connectivity index (χ3v) is 6.85. The lowest BCUT2D eigenvalue weighted by Crippen LogP contribution is -2.53. The van der Waals surface area contributed by atoms with Crippen molar-refractivity contribution in [2.45, 2.75) is 31.2 Å². The van der Waals surface area contributed by atoms with Gasteiger partial charge in [0.2, 0.25) is 13.8 Å². The van der Waals surface area contributed by atoms with Crippen molar-refractivity contribution in [2.75, 3.05) is 40.3 Å². The van der Waals surface area contributed by atoms with Gasteiger partial charge in [-0.15, -0.1) is 6.58 Å². The zero-order valence-electron chi connectivity index (χ0n) is 18.9. The number of benzene rings is 1. The van der Waals surface area contributed by atoms with Gasteiger partial charge in [0.15, 0.2) is 5.81 Å². The highest BCUT2D eigenvalue weighted by atomic mass is 16.2. The Morgan fingerprint density at radius 2 is 2.16 bits per heavy atom. The smallest absolute Gasteiger partial charge is 0.224 e. The quantitative estimate of drug-likeness (QED) is 0.422. The summed E-state index contributed by atoms with van der Waals surface area (Å²) in [6.45, 7) is 7.16. The monoisotopic (exact) mass is 420 g/mol. The predicted octanol–water partition coefficient (Wildman–Crippen LogP) is 1.83. The molecule has 2 aliphatic rings. The number of carbonyl (C=O) groups excluding carboxylic acids is 2. The molecule has 1 aliphatic heterocycles. The average Bonchev–Trinajstić information content (AvgIpc) is 3.12. The van der Waals surface area contributed by atoms with Crippen LogP contribution in [0.1, 0.15) is 29.9 Å². The highest BCUT2D eigenvalue weighted by Crippen LogP contribution is 2.45. The van der Waals surface area contributed by atoms with Gasteiger partial charge in [-0.3, -0.25) is 19.1 Å². The molecule has 6 nitrogen and oxygen atoms in total. The number of piperidine rings is 1. The van der Waals surface area contributed by atoms with Crippen LogP contribution in [0, 0.1) is 5.92 Å². The number of fused-ring (bicyclic) bond motifs is 2. The number of hydrogen-bond donors (Lipinski definition) is 1. The van der Waals surface area contributed by atoms with Crippen LogP contribution in [0.25, 0.3) is 10.9 Å². The van der Waals surface area contributed by atoms with Crippen molar-refractivity contribution in [1.29, 1.82) is 0 Å². The van der Waals surface area contributed by atoms with Gasteiger partial charge < -0.3 is 10.2 Å². The van der Waals surface area contributed by atoms with Crippen LogP contribution in [0.2, 0.25) is 0 Å². The fourth-order valence-corrected chi connectivity index (χ4v) is 5.48. The molecule has 1 amide bonds. The summed E-state index contributed by atoms with van der Waals surface area (Å²) in [7, 11) is 5.71. The largest absolute Gasteiger partial charge is 0.356 e. The number of likely N-dealkylation sites (tertiary alicyclic amines) is 1. The zero-order valence-corrected chi connectivity index (χ0v) is 18.9. The Hall–Kier alpha value is -2.38. The summed E-state index contributed by atoms with van der Waals surface area (Å²) in [4.78, 5) is 29.8. The van der Waals surface area contributed by atoms with E-state index in [0.717, 1.165) is 44.4 Å². The first kappa shape index (κ1) is 21.8. The van der Waals surface area contributed by atoms with Crippen molar-refractivity contribution >= 4 is 30.5 Å². The fraction of sp³-hybridized carbons (Fsp3) is 0.500. The van der Waals surface area contributed by atoms with E-state index in [1.807, 2.05) is 38.5 Å². The maximum atomic E-state index is 13.0. The van der Waals surface area contributed by atoms with Gasteiger partial charge in [0.05, 0.1) is 11.4 Å². The van der Waals surface area contributed by atoms with Gasteiger partial charge in [-0.2, -0.15) is 0 Å². The van der Waals surface area contributed by atoms with Gasteiger partial charge in [-0.05, 0) is 57.1 Å². The molecule has 0 spiro atoms. The van der Waals surface area contributed by atoms with Crippen LogP contribution in [-0.4, -0.2) is 80.2 Å². The van der Waals surface area contributed by atoms with Crippen molar-refractivity contribution in [1.82, 2.24) is 19.7 Å². The third-order valence-electron chi connectivity index (χ3n) is 6.85. The van der Waals surface area contributed by atoms with Crippen LogP contribution in [0.5, 0.6) is 0 Å². The number of hydrogen-bond acceptors (Lipinski definition) is 4.